The SMILES string of the molecule is Cc1nc(SCc2nc3scc(-c4ccco4)c3c(=O)[nH]2)n[nH]1. The lowest BCUT2D eigenvalue weighted by molar-refractivity contribution is 0.583. The molecule has 0 atom stereocenters. The Bertz CT molecular complexity index is 1020. The predicted molar refractivity (Wildman–Crippen MR) is 88.6 cm³/mol. The summed E-state index contributed by atoms with van der Waals surface area (Å²) in [7, 11) is 0. The van der Waals surface area contributed by atoms with Crippen LogP contribution in [0.25, 0.3) is 21.5 Å². The van der Waals surface area contributed by atoms with Gasteiger partial charge < -0.3 is 9.40 Å². The highest BCUT2D eigenvalue weighted by atomic mass is 32.2. The van der Waals surface area contributed by atoms with Crippen molar-refractivity contribution in [3.05, 3.63) is 45.8 Å². The maximum Gasteiger partial charge on any atom is 0.260 e. The molecule has 0 amide bonds. The molecule has 7 nitrogen and oxygen atoms in total. The molecule has 0 saturated heterocycles. The Kier molecular flexibility index (Phi) is 3.50. The minimum Gasteiger partial charge on any atom is -0.464 e. The quantitative estimate of drug-likeness (QED) is 0.552. The molecule has 4 heterocycles. The van der Waals surface area contributed by atoms with Crippen molar-refractivity contribution >= 4 is 33.3 Å². The highest BCUT2D eigenvalue weighted by Crippen LogP contribution is 2.31. The molecule has 4 aromatic heterocycles. The van der Waals surface area contributed by atoms with Crippen LogP contribution in [0.15, 0.2) is 38.1 Å². The number of nitrogens with one attached hydrogen (secondary N) is 2. The van der Waals surface area contributed by atoms with E-state index in [4.69, 9.17) is 4.42 Å². The van der Waals surface area contributed by atoms with E-state index in [2.05, 4.69) is 25.1 Å². The minimum absolute atomic E-state index is 0.163. The van der Waals surface area contributed by atoms with E-state index in [1.54, 1.807) is 12.3 Å². The number of H-pyrrole nitrogens is 2. The highest BCUT2D eigenvalue weighted by molar-refractivity contribution is 7.98. The zero-order chi connectivity index (χ0) is 15.8. The Morgan fingerprint density at radius 2 is 2.30 bits per heavy atom. The summed E-state index contributed by atoms with van der Waals surface area (Å²) in [6.07, 6.45) is 1.59. The molecule has 9 heteroatoms. The molecule has 0 unspecified atom stereocenters. The van der Waals surface area contributed by atoms with Gasteiger partial charge in [-0.3, -0.25) is 9.89 Å². The monoisotopic (exact) mass is 345 g/mol. The normalized spacial score (nSPS) is 11.3. The molecule has 0 aliphatic rings. The number of thiophene rings is 1. The van der Waals surface area contributed by atoms with E-state index in [-0.39, 0.29) is 5.56 Å². The minimum atomic E-state index is -0.163. The van der Waals surface area contributed by atoms with E-state index in [9.17, 15) is 4.79 Å². The van der Waals surface area contributed by atoms with Gasteiger partial charge in [-0.1, -0.05) is 11.8 Å². The number of aromatic amines is 2. The number of furan rings is 1. The summed E-state index contributed by atoms with van der Waals surface area (Å²) in [5, 5.41) is 9.92. The topological polar surface area (TPSA) is 100 Å². The molecule has 0 radical (unpaired) electrons. The first-order valence-electron chi connectivity index (χ1n) is 6.77. The zero-order valence-electron chi connectivity index (χ0n) is 12.0. The number of aryl methyl sites for hydroxylation is 1. The van der Waals surface area contributed by atoms with Crippen molar-refractivity contribution in [2.75, 3.05) is 0 Å². The van der Waals surface area contributed by atoms with E-state index in [1.807, 2.05) is 18.4 Å². The van der Waals surface area contributed by atoms with Gasteiger partial charge in [-0.05, 0) is 19.1 Å². The van der Waals surface area contributed by atoms with Crippen molar-refractivity contribution in [1.82, 2.24) is 25.1 Å². The summed E-state index contributed by atoms with van der Waals surface area (Å²) in [6, 6.07) is 3.63. The third-order valence-corrected chi connectivity index (χ3v) is 4.93. The number of hydrogen-bond donors (Lipinski definition) is 2. The van der Waals surface area contributed by atoms with Crippen LogP contribution in [-0.2, 0) is 5.75 Å². The summed E-state index contributed by atoms with van der Waals surface area (Å²) in [6.45, 7) is 1.84. The first-order valence-corrected chi connectivity index (χ1v) is 8.63. The Morgan fingerprint density at radius 1 is 1.39 bits per heavy atom. The summed E-state index contributed by atoms with van der Waals surface area (Å²) in [5.41, 5.74) is 0.608. The van der Waals surface area contributed by atoms with Gasteiger partial charge in [0.2, 0.25) is 5.16 Å². The van der Waals surface area contributed by atoms with Gasteiger partial charge in [0.25, 0.3) is 5.56 Å². The van der Waals surface area contributed by atoms with E-state index in [1.165, 1.54) is 23.1 Å². The number of hydrogen-bond acceptors (Lipinski definition) is 7. The van der Waals surface area contributed by atoms with Crippen molar-refractivity contribution in [3.8, 4) is 11.3 Å². The molecule has 2 N–H and O–H groups in total. The average molecular weight is 345 g/mol. The number of nitrogens with zero attached hydrogens (tertiary/aromatic N) is 3. The summed E-state index contributed by atoms with van der Waals surface area (Å²) in [4.78, 5) is 24.7. The van der Waals surface area contributed by atoms with Gasteiger partial charge in [0.05, 0.1) is 17.4 Å². The van der Waals surface area contributed by atoms with Crippen molar-refractivity contribution in [2.45, 2.75) is 17.8 Å². The summed E-state index contributed by atoms with van der Waals surface area (Å²) < 4.78 is 5.38. The van der Waals surface area contributed by atoms with E-state index in [0.29, 0.717) is 32.7 Å². The number of aromatic nitrogens is 5. The Morgan fingerprint density at radius 3 is 3.04 bits per heavy atom. The van der Waals surface area contributed by atoms with E-state index in [0.717, 1.165) is 11.4 Å². The van der Waals surface area contributed by atoms with Gasteiger partial charge in [-0.2, -0.15) is 0 Å². The second kappa shape index (κ2) is 5.67. The molecule has 23 heavy (non-hydrogen) atoms. The maximum absolute atomic E-state index is 12.4. The Hall–Kier alpha value is -2.39. The van der Waals surface area contributed by atoms with Crippen LogP contribution in [0.5, 0.6) is 0 Å². The molecule has 0 aromatic carbocycles. The van der Waals surface area contributed by atoms with Gasteiger partial charge in [0.15, 0.2) is 0 Å². The third-order valence-electron chi connectivity index (χ3n) is 3.19. The van der Waals surface area contributed by atoms with Crippen LogP contribution in [0.1, 0.15) is 11.6 Å². The third kappa shape index (κ3) is 2.68. The molecule has 0 saturated carbocycles. The molecule has 4 rings (SSSR count). The van der Waals surface area contributed by atoms with Crippen LogP contribution in [0, 0.1) is 6.92 Å². The van der Waals surface area contributed by atoms with Crippen molar-refractivity contribution in [2.24, 2.45) is 0 Å². The summed E-state index contributed by atoms with van der Waals surface area (Å²) in [5.74, 6) is 2.52. The molecule has 0 bridgehead atoms. The first-order chi connectivity index (χ1) is 11.2. The number of rotatable bonds is 4. The molecule has 0 aliphatic heterocycles. The van der Waals surface area contributed by atoms with E-state index >= 15 is 0 Å². The largest absolute Gasteiger partial charge is 0.464 e. The van der Waals surface area contributed by atoms with Crippen molar-refractivity contribution in [1.29, 1.82) is 0 Å². The predicted octanol–water partition coefficient (Wildman–Crippen LogP) is 2.96. The molecular formula is C14H11N5O2S2. The van der Waals surface area contributed by atoms with Crippen molar-refractivity contribution in [3.63, 3.8) is 0 Å². The average Bonchev–Trinajstić information content (AvgIpc) is 3.24. The van der Waals surface area contributed by atoms with Crippen LogP contribution < -0.4 is 5.56 Å². The van der Waals surface area contributed by atoms with Gasteiger partial charge >= 0.3 is 0 Å². The molecule has 116 valence electrons. The Labute approximate surface area is 138 Å². The zero-order valence-corrected chi connectivity index (χ0v) is 13.6. The number of thioether (sulfide) groups is 1. The van der Waals surface area contributed by atoms with Crippen molar-refractivity contribution < 1.29 is 4.42 Å². The lowest BCUT2D eigenvalue weighted by atomic mass is 10.2. The smallest absolute Gasteiger partial charge is 0.260 e. The van der Waals surface area contributed by atoms with Gasteiger partial charge in [0, 0.05) is 10.9 Å². The highest BCUT2D eigenvalue weighted by Gasteiger charge is 2.15. The molecular weight excluding hydrogens is 334 g/mol. The molecule has 0 spiro atoms. The maximum atomic E-state index is 12.4. The second-order valence-corrected chi connectivity index (χ2v) is 6.61. The van der Waals surface area contributed by atoms with Crippen LogP contribution in [-0.4, -0.2) is 25.1 Å². The Balaban J connectivity index is 1.67. The van der Waals surface area contributed by atoms with Crippen LogP contribution in [0.2, 0.25) is 0 Å². The molecule has 4 aromatic rings. The van der Waals surface area contributed by atoms with Crippen LogP contribution in [0.4, 0.5) is 0 Å². The fraction of sp³-hybridized carbons (Fsp3) is 0.143. The lowest BCUT2D eigenvalue weighted by Gasteiger charge is -1.99. The molecule has 0 aliphatic carbocycles. The van der Waals surface area contributed by atoms with E-state index < -0.39 is 0 Å². The van der Waals surface area contributed by atoms with Gasteiger partial charge in [0.1, 0.15) is 22.2 Å². The first kappa shape index (κ1) is 14.2. The second-order valence-electron chi connectivity index (χ2n) is 4.81. The molecule has 0 fully saturated rings. The number of fused-ring (bicyclic) bond motifs is 1. The summed E-state index contributed by atoms with van der Waals surface area (Å²) >= 11 is 2.84. The lowest BCUT2D eigenvalue weighted by Crippen LogP contribution is -2.10. The van der Waals surface area contributed by atoms with Gasteiger partial charge in [-0.25, -0.2) is 9.97 Å². The van der Waals surface area contributed by atoms with Crippen LogP contribution in [0.3, 0.4) is 0 Å². The fourth-order valence-corrected chi connectivity index (χ4v) is 3.86. The standard InChI is InChI=1S/C14H11N5O2S2/c1-7-15-14(19-18-7)23-6-10-16-12(20)11-8(5-22-13(11)17-10)9-3-2-4-21-9/h2-5H,6H2,1H3,(H,15,18,19)(H,16,17,20). The van der Waals surface area contributed by atoms with Crippen LogP contribution >= 0.6 is 23.1 Å². The van der Waals surface area contributed by atoms with Gasteiger partial charge in [-0.15, -0.1) is 16.4 Å². The fourth-order valence-electron chi connectivity index (χ4n) is 2.19.